The van der Waals surface area contributed by atoms with Crippen LogP contribution in [0, 0.1) is 5.92 Å². The molecule has 1 aliphatic heterocycles. The Morgan fingerprint density at radius 2 is 2.33 bits per heavy atom. The van der Waals surface area contributed by atoms with Crippen LogP contribution >= 0.6 is 11.8 Å². The van der Waals surface area contributed by atoms with Crippen LogP contribution in [0.5, 0.6) is 0 Å². The number of hydrogen-bond donors (Lipinski definition) is 1. The minimum Gasteiger partial charge on any atom is -0.480 e. The molecule has 1 unspecified atom stereocenters. The molecule has 0 bridgehead atoms. The normalized spacial score (nSPS) is 22.3. The Hall–Kier alpha value is -0.220. The van der Waals surface area contributed by atoms with Crippen LogP contribution in [0.3, 0.4) is 0 Å². The molecule has 0 aromatic heterocycles. The Morgan fingerprint density at radius 3 is 2.80 bits per heavy atom. The summed E-state index contributed by atoms with van der Waals surface area (Å²) in [6.45, 7) is 5.39. The SMILES string of the molecule is CC(C)CN(CC(=O)O)C1CCCSC1. The van der Waals surface area contributed by atoms with E-state index in [-0.39, 0.29) is 6.54 Å². The molecule has 88 valence electrons. The summed E-state index contributed by atoms with van der Waals surface area (Å²) in [5.74, 6) is 2.17. The number of nitrogens with zero attached hydrogens (tertiary/aromatic N) is 1. The van der Waals surface area contributed by atoms with Crippen LogP contribution in [-0.4, -0.2) is 46.6 Å². The van der Waals surface area contributed by atoms with Gasteiger partial charge in [-0.15, -0.1) is 0 Å². The number of hydrogen-bond acceptors (Lipinski definition) is 3. The Labute approximate surface area is 96.2 Å². The average Bonchev–Trinajstić information content (AvgIpc) is 2.17. The van der Waals surface area contributed by atoms with Gasteiger partial charge in [0.25, 0.3) is 0 Å². The van der Waals surface area contributed by atoms with Crippen LogP contribution in [0.4, 0.5) is 0 Å². The Morgan fingerprint density at radius 1 is 1.60 bits per heavy atom. The Bertz CT molecular complexity index is 203. The number of rotatable bonds is 5. The van der Waals surface area contributed by atoms with Gasteiger partial charge >= 0.3 is 5.97 Å². The van der Waals surface area contributed by atoms with E-state index >= 15 is 0 Å². The molecule has 1 fully saturated rings. The monoisotopic (exact) mass is 231 g/mol. The zero-order chi connectivity index (χ0) is 11.3. The van der Waals surface area contributed by atoms with E-state index in [2.05, 4.69) is 18.7 Å². The van der Waals surface area contributed by atoms with Gasteiger partial charge in [-0.1, -0.05) is 13.8 Å². The average molecular weight is 231 g/mol. The van der Waals surface area contributed by atoms with Gasteiger partial charge in [0.2, 0.25) is 0 Å². The minimum absolute atomic E-state index is 0.198. The molecule has 0 aromatic rings. The highest BCUT2D eigenvalue weighted by Gasteiger charge is 2.23. The highest BCUT2D eigenvalue weighted by Crippen LogP contribution is 2.22. The van der Waals surface area contributed by atoms with Crippen LogP contribution in [0.25, 0.3) is 0 Å². The summed E-state index contributed by atoms with van der Waals surface area (Å²) in [5, 5.41) is 8.88. The predicted octanol–water partition coefficient (Wildman–Crippen LogP) is 1.92. The number of aliphatic carboxylic acids is 1. The molecule has 1 N–H and O–H groups in total. The standard InChI is InChI=1S/C11H21NO2S/c1-9(2)6-12(7-11(13)14)10-4-3-5-15-8-10/h9-10H,3-8H2,1-2H3,(H,13,14). The van der Waals surface area contributed by atoms with E-state index in [9.17, 15) is 4.79 Å². The van der Waals surface area contributed by atoms with Crippen molar-refractivity contribution in [2.24, 2.45) is 5.92 Å². The third-order valence-electron chi connectivity index (χ3n) is 2.59. The van der Waals surface area contributed by atoms with Gasteiger partial charge < -0.3 is 5.11 Å². The zero-order valence-electron chi connectivity index (χ0n) is 9.61. The maximum atomic E-state index is 10.8. The maximum Gasteiger partial charge on any atom is 0.317 e. The summed E-state index contributed by atoms with van der Waals surface area (Å²) in [6, 6.07) is 0.474. The highest BCUT2D eigenvalue weighted by molar-refractivity contribution is 7.99. The van der Waals surface area contributed by atoms with Crippen LogP contribution in [-0.2, 0) is 4.79 Å². The first kappa shape index (κ1) is 12.8. The van der Waals surface area contributed by atoms with Crippen molar-refractivity contribution in [2.75, 3.05) is 24.6 Å². The number of thioether (sulfide) groups is 1. The van der Waals surface area contributed by atoms with Crippen LogP contribution in [0.2, 0.25) is 0 Å². The quantitative estimate of drug-likeness (QED) is 0.785. The van der Waals surface area contributed by atoms with Gasteiger partial charge in [-0.3, -0.25) is 9.69 Å². The minimum atomic E-state index is -0.703. The summed E-state index contributed by atoms with van der Waals surface area (Å²) < 4.78 is 0. The lowest BCUT2D eigenvalue weighted by Crippen LogP contribution is -2.43. The molecule has 1 saturated heterocycles. The molecule has 4 heteroatoms. The second-order valence-corrected chi connectivity index (χ2v) is 5.74. The molecule has 0 radical (unpaired) electrons. The fraction of sp³-hybridized carbons (Fsp3) is 0.909. The topological polar surface area (TPSA) is 40.5 Å². The van der Waals surface area contributed by atoms with Gasteiger partial charge in [-0.2, -0.15) is 11.8 Å². The van der Waals surface area contributed by atoms with Crippen molar-refractivity contribution in [3.63, 3.8) is 0 Å². The first-order valence-corrected chi connectivity index (χ1v) is 6.78. The third kappa shape index (κ3) is 4.89. The van der Waals surface area contributed by atoms with E-state index in [1.165, 1.54) is 12.2 Å². The van der Waals surface area contributed by atoms with Crippen LogP contribution < -0.4 is 0 Å². The molecule has 0 amide bonds. The first-order valence-electron chi connectivity index (χ1n) is 5.63. The van der Waals surface area contributed by atoms with E-state index in [1.807, 2.05) is 11.8 Å². The van der Waals surface area contributed by atoms with Crippen molar-refractivity contribution in [3.8, 4) is 0 Å². The molecule has 15 heavy (non-hydrogen) atoms. The van der Waals surface area contributed by atoms with Crippen molar-refractivity contribution in [2.45, 2.75) is 32.7 Å². The summed E-state index contributed by atoms with van der Waals surface area (Å²) >= 11 is 1.95. The van der Waals surface area contributed by atoms with Gasteiger partial charge in [0.05, 0.1) is 6.54 Å². The molecule has 1 atom stereocenters. The van der Waals surface area contributed by atoms with E-state index in [4.69, 9.17) is 5.11 Å². The van der Waals surface area contributed by atoms with Crippen molar-refractivity contribution in [1.29, 1.82) is 0 Å². The van der Waals surface area contributed by atoms with E-state index in [0.29, 0.717) is 12.0 Å². The summed E-state index contributed by atoms with van der Waals surface area (Å²) in [5.41, 5.74) is 0. The second kappa shape index (κ2) is 6.38. The molecule has 0 saturated carbocycles. The van der Waals surface area contributed by atoms with Gasteiger partial charge in [0.1, 0.15) is 0 Å². The summed E-state index contributed by atoms with van der Waals surface area (Å²) in [7, 11) is 0. The smallest absolute Gasteiger partial charge is 0.317 e. The molecule has 0 spiro atoms. The maximum absolute atomic E-state index is 10.8. The molecule has 3 nitrogen and oxygen atoms in total. The summed E-state index contributed by atoms with van der Waals surface area (Å²) in [4.78, 5) is 12.9. The fourth-order valence-electron chi connectivity index (χ4n) is 2.00. The summed E-state index contributed by atoms with van der Waals surface area (Å²) in [6.07, 6.45) is 2.39. The largest absolute Gasteiger partial charge is 0.480 e. The van der Waals surface area contributed by atoms with Gasteiger partial charge in [-0.05, 0) is 24.5 Å². The van der Waals surface area contributed by atoms with Gasteiger partial charge in [0, 0.05) is 18.3 Å². The van der Waals surface area contributed by atoms with Gasteiger partial charge in [0.15, 0.2) is 0 Å². The fourth-order valence-corrected chi connectivity index (χ4v) is 3.18. The predicted molar refractivity (Wildman–Crippen MR) is 64.4 cm³/mol. The van der Waals surface area contributed by atoms with Crippen molar-refractivity contribution < 1.29 is 9.90 Å². The van der Waals surface area contributed by atoms with E-state index in [0.717, 1.165) is 18.7 Å². The lowest BCUT2D eigenvalue weighted by atomic mass is 10.1. The Balaban J connectivity index is 2.48. The number of carbonyl (C=O) groups is 1. The molecule has 0 aromatic carbocycles. The van der Waals surface area contributed by atoms with Crippen molar-refractivity contribution >= 4 is 17.7 Å². The lowest BCUT2D eigenvalue weighted by molar-refractivity contribution is -0.139. The van der Waals surface area contributed by atoms with Gasteiger partial charge in [-0.25, -0.2) is 0 Å². The molecule has 1 heterocycles. The first-order chi connectivity index (χ1) is 7.09. The van der Waals surface area contributed by atoms with Crippen molar-refractivity contribution in [3.05, 3.63) is 0 Å². The zero-order valence-corrected chi connectivity index (χ0v) is 10.4. The van der Waals surface area contributed by atoms with E-state index < -0.39 is 5.97 Å². The van der Waals surface area contributed by atoms with Crippen molar-refractivity contribution in [1.82, 2.24) is 4.90 Å². The lowest BCUT2D eigenvalue weighted by Gasteiger charge is -2.33. The molecular formula is C11H21NO2S. The third-order valence-corrected chi connectivity index (χ3v) is 3.79. The number of carboxylic acid groups (broad SMARTS) is 1. The second-order valence-electron chi connectivity index (χ2n) is 4.59. The Kier molecular flexibility index (Phi) is 5.47. The van der Waals surface area contributed by atoms with Crippen LogP contribution in [0.1, 0.15) is 26.7 Å². The molecule has 1 rings (SSSR count). The number of carboxylic acids is 1. The van der Waals surface area contributed by atoms with E-state index in [1.54, 1.807) is 0 Å². The highest BCUT2D eigenvalue weighted by atomic mass is 32.2. The molecule has 1 aliphatic rings. The van der Waals surface area contributed by atoms with Crippen LogP contribution in [0.15, 0.2) is 0 Å². The molecular weight excluding hydrogens is 210 g/mol. The molecule has 0 aliphatic carbocycles.